The van der Waals surface area contributed by atoms with E-state index in [0.29, 0.717) is 11.6 Å². The maximum absolute atomic E-state index is 11.0. The quantitative estimate of drug-likeness (QED) is 0.625. The molecule has 0 aliphatic heterocycles. The number of carbonyl (C=O) groups is 1. The number of aromatic nitrogens is 2. The summed E-state index contributed by atoms with van der Waals surface area (Å²) in [7, 11) is 3.20. The molecular formula is C10H16ClN3O2S. The van der Waals surface area contributed by atoms with Gasteiger partial charge in [0.05, 0.1) is 19.1 Å². The highest BCUT2D eigenvalue weighted by Gasteiger charge is 2.13. The van der Waals surface area contributed by atoms with E-state index in [1.165, 1.54) is 7.11 Å². The molecule has 1 atom stereocenters. The number of methoxy groups -OCH3 is 1. The van der Waals surface area contributed by atoms with Crippen molar-refractivity contribution in [1.29, 1.82) is 0 Å². The van der Waals surface area contributed by atoms with Gasteiger partial charge in [0.25, 0.3) is 0 Å². The van der Waals surface area contributed by atoms with Crippen LogP contribution >= 0.6 is 23.4 Å². The van der Waals surface area contributed by atoms with Crippen molar-refractivity contribution in [3.63, 3.8) is 0 Å². The molecule has 1 heterocycles. The fraction of sp³-hybridized carbons (Fsp3) is 0.600. The molecule has 0 amide bonds. The molecule has 17 heavy (non-hydrogen) atoms. The van der Waals surface area contributed by atoms with E-state index >= 15 is 0 Å². The molecular weight excluding hydrogens is 262 g/mol. The van der Waals surface area contributed by atoms with Crippen LogP contribution in [0.2, 0.25) is 5.15 Å². The van der Waals surface area contributed by atoms with Gasteiger partial charge in [-0.25, -0.2) is 4.98 Å². The summed E-state index contributed by atoms with van der Waals surface area (Å²) < 4.78 is 6.37. The zero-order valence-corrected chi connectivity index (χ0v) is 11.4. The van der Waals surface area contributed by atoms with Crippen molar-refractivity contribution in [2.24, 2.45) is 12.8 Å². The van der Waals surface area contributed by atoms with Crippen LogP contribution in [0.4, 0.5) is 0 Å². The number of rotatable bonds is 6. The minimum atomic E-state index is -0.544. The first-order valence-electron chi connectivity index (χ1n) is 5.13. The Hall–Kier alpha value is -0.720. The third kappa shape index (κ3) is 4.22. The summed E-state index contributed by atoms with van der Waals surface area (Å²) in [5.41, 5.74) is 5.61. The van der Waals surface area contributed by atoms with Gasteiger partial charge < -0.3 is 15.0 Å². The first-order valence-corrected chi connectivity index (χ1v) is 6.66. The van der Waals surface area contributed by atoms with Gasteiger partial charge in [-0.05, 0) is 12.2 Å². The number of hydrogen-bond acceptors (Lipinski definition) is 5. The largest absolute Gasteiger partial charge is 0.468 e. The molecule has 0 radical (unpaired) electrons. The zero-order chi connectivity index (χ0) is 12.8. The lowest BCUT2D eigenvalue weighted by atomic mass is 10.2. The van der Waals surface area contributed by atoms with Crippen molar-refractivity contribution in [3.8, 4) is 0 Å². The molecule has 0 aliphatic carbocycles. The van der Waals surface area contributed by atoms with Gasteiger partial charge in [0.2, 0.25) is 0 Å². The summed E-state index contributed by atoms with van der Waals surface area (Å²) in [6.45, 7) is 0. The van der Waals surface area contributed by atoms with Crippen LogP contribution in [0.15, 0.2) is 6.20 Å². The molecule has 1 aromatic rings. The summed E-state index contributed by atoms with van der Waals surface area (Å²) in [6.07, 6.45) is 2.22. The molecule has 0 bridgehead atoms. The molecule has 1 unspecified atom stereocenters. The lowest BCUT2D eigenvalue weighted by Crippen LogP contribution is -2.31. The lowest BCUT2D eigenvalue weighted by molar-refractivity contribution is -0.142. The Labute approximate surface area is 110 Å². The smallest absolute Gasteiger partial charge is 0.322 e. The standard InChI is InChI=1S/C10H16ClN3O2S/c1-14-8(11)5-13-9(14)6-17-4-3-7(12)10(15)16-2/h5,7H,3-4,6,12H2,1-2H3. The predicted molar refractivity (Wildman–Crippen MR) is 69.0 cm³/mol. The van der Waals surface area contributed by atoms with Gasteiger partial charge in [0.15, 0.2) is 0 Å². The SMILES string of the molecule is COC(=O)C(N)CCSCc1ncc(Cl)n1C. The Morgan fingerprint density at radius 3 is 3.00 bits per heavy atom. The van der Waals surface area contributed by atoms with Crippen molar-refractivity contribution in [1.82, 2.24) is 9.55 Å². The van der Waals surface area contributed by atoms with Crippen LogP contribution in [0.1, 0.15) is 12.2 Å². The molecule has 0 saturated carbocycles. The number of carbonyl (C=O) groups excluding carboxylic acids is 1. The molecule has 0 aliphatic rings. The molecule has 5 nitrogen and oxygen atoms in total. The van der Waals surface area contributed by atoms with Crippen molar-refractivity contribution in [2.45, 2.75) is 18.2 Å². The van der Waals surface area contributed by atoms with Crippen LogP contribution in [0.3, 0.4) is 0 Å². The van der Waals surface area contributed by atoms with Crippen molar-refractivity contribution >= 4 is 29.3 Å². The topological polar surface area (TPSA) is 70.1 Å². The second kappa shape index (κ2) is 6.88. The average molecular weight is 278 g/mol. The van der Waals surface area contributed by atoms with E-state index in [9.17, 15) is 4.79 Å². The Morgan fingerprint density at radius 2 is 2.47 bits per heavy atom. The van der Waals surface area contributed by atoms with Crippen LogP contribution < -0.4 is 5.73 Å². The molecule has 7 heteroatoms. The summed E-state index contributed by atoms with van der Waals surface area (Å²) in [4.78, 5) is 15.2. The number of thioether (sulfide) groups is 1. The van der Waals surface area contributed by atoms with E-state index in [2.05, 4.69) is 9.72 Å². The summed E-state index contributed by atoms with van der Waals surface area (Å²) in [6, 6.07) is -0.544. The van der Waals surface area contributed by atoms with Crippen LogP contribution in [0, 0.1) is 0 Å². The van der Waals surface area contributed by atoms with Crippen molar-refractivity contribution < 1.29 is 9.53 Å². The second-order valence-electron chi connectivity index (χ2n) is 3.53. The first kappa shape index (κ1) is 14.3. The number of nitrogens with zero attached hydrogens (tertiary/aromatic N) is 2. The van der Waals surface area contributed by atoms with Gasteiger partial charge in [0, 0.05) is 7.05 Å². The van der Waals surface area contributed by atoms with Gasteiger partial charge in [-0.1, -0.05) is 11.6 Å². The predicted octanol–water partition coefficient (Wildman–Crippen LogP) is 1.20. The van der Waals surface area contributed by atoms with E-state index in [4.69, 9.17) is 17.3 Å². The molecule has 0 saturated heterocycles. The van der Waals surface area contributed by atoms with E-state index in [0.717, 1.165) is 17.3 Å². The number of esters is 1. The van der Waals surface area contributed by atoms with Gasteiger partial charge >= 0.3 is 5.97 Å². The maximum Gasteiger partial charge on any atom is 0.322 e. The third-order valence-electron chi connectivity index (χ3n) is 2.34. The first-order chi connectivity index (χ1) is 8.06. The average Bonchev–Trinajstić information content (AvgIpc) is 2.64. The van der Waals surface area contributed by atoms with Crippen molar-refractivity contribution in [3.05, 3.63) is 17.2 Å². The van der Waals surface area contributed by atoms with Crippen LogP contribution in [0.25, 0.3) is 0 Å². The minimum absolute atomic E-state index is 0.370. The molecule has 1 rings (SSSR count). The molecule has 0 aromatic carbocycles. The minimum Gasteiger partial charge on any atom is -0.468 e. The van der Waals surface area contributed by atoms with Crippen LogP contribution in [0.5, 0.6) is 0 Å². The Kier molecular flexibility index (Phi) is 5.80. The maximum atomic E-state index is 11.0. The Morgan fingerprint density at radius 1 is 1.76 bits per heavy atom. The number of imidazole rings is 1. The van der Waals surface area contributed by atoms with Crippen LogP contribution in [-0.2, 0) is 22.3 Å². The number of nitrogens with two attached hydrogens (primary N) is 1. The fourth-order valence-electron chi connectivity index (χ4n) is 1.20. The molecule has 96 valence electrons. The third-order valence-corrected chi connectivity index (χ3v) is 3.67. The van der Waals surface area contributed by atoms with Crippen LogP contribution in [-0.4, -0.2) is 34.4 Å². The van der Waals surface area contributed by atoms with E-state index < -0.39 is 6.04 Å². The molecule has 2 N–H and O–H groups in total. The summed E-state index contributed by atoms with van der Waals surface area (Å²) in [5.74, 6) is 2.06. The number of hydrogen-bond donors (Lipinski definition) is 1. The van der Waals surface area contributed by atoms with Gasteiger partial charge in [-0.3, -0.25) is 4.79 Å². The molecule has 0 fully saturated rings. The Bertz CT molecular complexity index is 384. The monoisotopic (exact) mass is 277 g/mol. The van der Waals surface area contributed by atoms with E-state index in [1.807, 2.05) is 11.6 Å². The Balaban J connectivity index is 2.25. The summed E-state index contributed by atoms with van der Waals surface area (Å²) >= 11 is 7.52. The molecule has 1 aromatic heterocycles. The van der Waals surface area contributed by atoms with Gasteiger partial charge in [-0.2, -0.15) is 11.8 Å². The van der Waals surface area contributed by atoms with E-state index in [-0.39, 0.29) is 5.97 Å². The highest BCUT2D eigenvalue weighted by atomic mass is 35.5. The van der Waals surface area contributed by atoms with Crippen molar-refractivity contribution in [2.75, 3.05) is 12.9 Å². The van der Waals surface area contributed by atoms with Gasteiger partial charge in [0.1, 0.15) is 17.0 Å². The lowest BCUT2D eigenvalue weighted by Gasteiger charge is -2.08. The number of ether oxygens (including phenoxy) is 1. The fourth-order valence-corrected chi connectivity index (χ4v) is 2.36. The van der Waals surface area contributed by atoms with E-state index in [1.54, 1.807) is 18.0 Å². The zero-order valence-electron chi connectivity index (χ0n) is 9.85. The number of halogens is 1. The van der Waals surface area contributed by atoms with Gasteiger partial charge in [-0.15, -0.1) is 0 Å². The molecule has 0 spiro atoms. The highest BCUT2D eigenvalue weighted by Crippen LogP contribution is 2.16. The summed E-state index contributed by atoms with van der Waals surface area (Å²) in [5, 5.41) is 0.617. The second-order valence-corrected chi connectivity index (χ2v) is 5.02. The normalized spacial score (nSPS) is 12.5. The highest BCUT2D eigenvalue weighted by molar-refractivity contribution is 7.98.